The maximum Gasteiger partial charge on any atom is 0.254 e. The van der Waals surface area contributed by atoms with E-state index in [0.717, 1.165) is 12.8 Å². The van der Waals surface area contributed by atoms with Gasteiger partial charge in [0.1, 0.15) is 6.04 Å². The number of aromatic nitrogens is 2. The molecule has 1 aliphatic carbocycles. The number of nitriles is 1. The fourth-order valence-electron chi connectivity index (χ4n) is 3.14. The van der Waals surface area contributed by atoms with Crippen LogP contribution in [0.25, 0.3) is 0 Å². The van der Waals surface area contributed by atoms with E-state index in [4.69, 9.17) is 14.5 Å². The van der Waals surface area contributed by atoms with E-state index in [2.05, 4.69) is 16.2 Å². The van der Waals surface area contributed by atoms with E-state index in [0.29, 0.717) is 41.9 Å². The maximum atomic E-state index is 13.0. The van der Waals surface area contributed by atoms with Crippen LogP contribution in [0.3, 0.4) is 0 Å². The molecule has 1 amide bonds. The molecule has 7 heteroatoms. The Hall–Kier alpha value is -2.72. The number of ether oxygens (including phenoxy) is 1. The Morgan fingerprint density at radius 1 is 1.40 bits per heavy atom. The summed E-state index contributed by atoms with van der Waals surface area (Å²) in [5.41, 5.74) is 0.928. The summed E-state index contributed by atoms with van der Waals surface area (Å²) >= 11 is 0. The lowest BCUT2D eigenvalue weighted by Crippen LogP contribution is -2.47. The van der Waals surface area contributed by atoms with Crippen LogP contribution in [0.2, 0.25) is 0 Å². The van der Waals surface area contributed by atoms with E-state index in [1.807, 2.05) is 6.92 Å². The van der Waals surface area contributed by atoms with Gasteiger partial charge >= 0.3 is 0 Å². The number of rotatable bonds is 3. The van der Waals surface area contributed by atoms with Gasteiger partial charge in [-0.3, -0.25) is 4.79 Å². The highest BCUT2D eigenvalue weighted by atomic mass is 16.5. The van der Waals surface area contributed by atoms with Gasteiger partial charge in [0.15, 0.2) is 5.82 Å². The third-order valence-electron chi connectivity index (χ3n) is 4.65. The number of hydrogen-bond acceptors (Lipinski definition) is 6. The molecule has 1 aliphatic heterocycles. The number of amides is 1. The Morgan fingerprint density at radius 2 is 2.24 bits per heavy atom. The minimum atomic E-state index is -0.424. The van der Waals surface area contributed by atoms with E-state index < -0.39 is 6.04 Å². The van der Waals surface area contributed by atoms with Crippen molar-refractivity contribution in [3.05, 3.63) is 47.1 Å². The lowest BCUT2D eigenvalue weighted by molar-refractivity contribution is -0.0600. The van der Waals surface area contributed by atoms with Crippen molar-refractivity contribution in [2.24, 2.45) is 0 Å². The number of hydrogen-bond donors (Lipinski definition) is 0. The van der Waals surface area contributed by atoms with Gasteiger partial charge in [-0.05, 0) is 38.0 Å². The Labute approximate surface area is 145 Å². The second-order valence-corrected chi connectivity index (χ2v) is 6.48. The molecule has 128 valence electrons. The predicted molar refractivity (Wildman–Crippen MR) is 86.6 cm³/mol. The van der Waals surface area contributed by atoms with Gasteiger partial charge in [-0.15, -0.1) is 0 Å². The fraction of sp³-hybridized carbons (Fsp3) is 0.444. The lowest BCUT2D eigenvalue weighted by atomic mass is 10.1. The first kappa shape index (κ1) is 15.8. The Morgan fingerprint density at radius 3 is 3.00 bits per heavy atom. The summed E-state index contributed by atoms with van der Waals surface area (Å²) in [6.07, 6.45) is 1.92. The van der Waals surface area contributed by atoms with Gasteiger partial charge in [-0.2, -0.15) is 10.2 Å². The monoisotopic (exact) mass is 338 g/mol. The molecule has 0 spiro atoms. The normalized spacial score (nSPS) is 23.3. The van der Waals surface area contributed by atoms with Gasteiger partial charge in [0, 0.05) is 18.0 Å². The van der Waals surface area contributed by atoms with Gasteiger partial charge in [-0.1, -0.05) is 11.2 Å². The van der Waals surface area contributed by atoms with Crippen LogP contribution >= 0.6 is 0 Å². The van der Waals surface area contributed by atoms with Crippen LogP contribution in [0.4, 0.5) is 0 Å². The first-order chi connectivity index (χ1) is 12.2. The largest absolute Gasteiger partial charge is 0.374 e. The fourth-order valence-corrected chi connectivity index (χ4v) is 3.14. The van der Waals surface area contributed by atoms with Crippen molar-refractivity contribution < 1.29 is 14.1 Å². The molecule has 7 nitrogen and oxygen atoms in total. The molecule has 4 rings (SSSR count). The highest BCUT2D eigenvalue weighted by Crippen LogP contribution is 2.39. The number of benzene rings is 1. The van der Waals surface area contributed by atoms with E-state index in [-0.39, 0.29) is 12.0 Å². The summed E-state index contributed by atoms with van der Waals surface area (Å²) in [5, 5.41) is 13.1. The third kappa shape index (κ3) is 3.01. The van der Waals surface area contributed by atoms with Gasteiger partial charge < -0.3 is 14.2 Å². The standard InChI is InChI=1S/C18H18N4O3/c1-11-15(17-20-16(21-25-17)13-5-6-13)22(7-8-24-11)18(23)14-4-2-3-12(9-14)10-19/h2-4,9,11,13,15H,5-8H2,1H3/t11-,15+/m1/s1. The summed E-state index contributed by atoms with van der Waals surface area (Å²) in [4.78, 5) is 19.2. The molecule has 25 heavy (non-hydrogen) atoms. The van der Waals surface area contributed by atoms with Crippen molar-refractivity contribution in [2.45, 2.75) is 37.8 Å². The molecule has 0 radical (unpaired) electrons. The van der Waals surface area contributed by atoms with Crippen molar-refractivity contribution in [2.75, 3.05) is 13.2 Å². The Balaban J connectivity index is 1.64. The highest BCUT2D eigenvalue weighted by molar-refractivity contribution is 5.94. The van der Waals surface area contributed by atoms with Crippen molar-refractivity contribution in [1.29, 1.82) is 5.26 Å². The van der Waals surface area contributed by atoms with E-state index in [1.54, 1.807) is 29.2 Å². The molecule has 0 bridgehead atoms. The highest BCUT2D eigenvalue weighted by Gasteiger charge is 2.39. The molecule has 1 aromatic carbocycles. The van der Waals surface area contributed by atoms with Crippen LogP contribution < -0.4 is 0 Å². The first-order valence-electron chi connectivity index (χ1n) is 8.43. The zero-order valence-electron chi connectivity index (χ0n) is 13.9. The molecule has 1 aromatic heterocycles. The zero-order valence-corrected chi connectivity index (χ0v) is 13.9. The molecule has 2 fully saturated rings. The quantitative estimate of drug-likeness (QED) is 0.853. The van der Waals surface area contributed by atoms with Gasteiger partial charge in [0.05, 0.1) is 24.3 Å². The number of carbonyl (C=O) groups is 1. The molecule has 2 aliphatic rings. The van der Waals surface area contributed by atoms with Crippen molar-refractivity contribution in [3.8, 4) is 6.07 Å². The Bertz CT molecular complexity index is 837. The molecule has 2 heterocycles. The third-order valence-corrected chi connectivity index (χ3v) is 4.65. The van der Waals surface area contributed by atoms with Crippen LogP contribution in [-0.4, -0.2) is 40.2 Å². The van der Waals surface area contributed by atoms with Crippen LogP contribution in [0.15, 0.2) is 28.8 Å². The van der Waals surface area contributed by atoms with Crippen molar-refractivity contribution in [3.63, 3.8) is 0 Å². The minimum Gasteiger partial charge on any atom is -0.374 e. The maximum absolute atomic E-state index is 13.0. The van der Waals surface area contributed by atoms with Gasteiger partial charge in [0.25, 0.3) is 11.8 Å². The van der Waals surface area contributed by atoms with Crippen LogP contribution in [0.5, 0.6) is 0 Å². The molecule has 2 atom stereocenters. The SMILES string of the molecule is C[C@H]1OCCN(C(=O)c2cccc(C#N)c2)[C@@H]1c1nc(C2CC2)no1. The topological polar surface area (TPSA) is 92.2 Å². The molecule has 0 N–H and O–H groups in total. The first-order valence-corrected chi connectivity index (χ1v) is 8.43. The Kier molecular flexibility index (Phi) is 3.98. The summed E-state index contributed by atoms with van der Waals surface area (Å²) in [6.45, 7) is 2.79. The molecule has 0 unspecified atom stereocenters. The molecule has 1 saturated carbocycles. The smallest absolute Gasteiger partial charge is 0.254 e. The average molecular weight is 338 g/mol. The van der Waals surface area contributed by atoms with E-state index in [9.17, 15) is 4.79 Å². The van der Waals surface area contributed by atoms with Crippen LogP contribution in [0.1, 0.15) is 59.4 Å². The number of nitrogens with zero attached hydrogens (tertiary/aromatic N) is 4. The number of morpholine rings is 1. The molecular formula is C18H18N4O3. The average Bonchev–Trinajstić information content (AvgIpc) is 3.38. The predicted octanol–water partition coefficient (Wildman–Crippen LogP) is 2.42. The molecule has 2 aromatic rings. The number of carbonyl (C=O) groups excluding carboxylic acids is 1. The molecular weight excluding hydrogens is 320 g/mol. The summed E-state index contributed by atoms with van der Waals surface area (Å²) in [6, 6.07) is 8.34. The van der Waals surface area contributed by atoms with Crippen molar-refractivity contribution >= 4 is 5.91 Å². The lowest BCUT2D eigenvalue weighted by Gasteiger charge is -2.37. The summed E-state index contributed by atoms with van der Waals surface area (Å²) in [7, 11) is 0. The van der Waals surface area contributed by atoms with E-state index in [1.165, 1.54) is 0 Å². The van der Waals surface area contributed by atoms with Gasteiger partial charge in [0.2, 0.25) is 0 Å². The van der Waals surface area contributed by atoms with Crippen LogP contribution in [0, 0.1) is 11.3 Å². The molecule has 1 saturated heterocycles. The second-order valence-electron chi connectivity index (χ2n) is 6.48. The van der Waals surface area contributed by atoms with Gasteiger partial charge in [-0.25, -0.2) is 0 Å². The van der Waals surface area contributed by atoms with E-state index >= 15 is 0 Å². The van der Waals surface area contributed by atoms with Crippen LogP contribution in [-0.2, 0) is 4.74 Å². The second kappa shape index (κ2) is 6.30. The summed E-state index contributed by atoms with van der Waals surface area (Å²) in [5.74, 6) is 1.35. The zero-order chi connectivity index (χ0) is 17.4. The minimum absolute atomic E-state index is 0.163. The summed E-state index contributed by atoms with van der Waals surface area (Å²) < 4.78 is 11.2. The van der Waals surface area contributed by atoms with Crippen molar-refractivity contribution in [1.82, 2.24) is 15.0 Å².